The summed E-state index contributed by atoms with van der Waals surface area (Å²) in [6.45, 7) is 7.63. The molecule has 2 heteroatoms. The Morgan fingerprint density at radius 3 is 2.58 bits per heavy atom. The average Bonchev–Trinajstić information content (AvgIpc) is 2.39. The van der Waals surface area contributed by atoms with E-state index in [0.717, 1.165) is 19.6 Å². The maximum Gasteiger partial charge on any atom is 0.0237 e. The lowest BCUT2D eigenvalue weighted by atomic mass is 9.72. The molecule has 1 fully saturated rings. The van der Waals surface area contributed by atoms with Gasteiger partial charge in [0.2, 0.25) is 0 Å². The Morgan fingerprint density at radius 1 is 1.21 bits per heavy atom. The first-order chi connectivity index (χ1) is 9.13. The Balaban J connectivity index is 2.10. The lowest BCUT2D eigenvalue weighted by Crippen LogP contribution is -2.48. The second kappa shape index (κ2) is 6.53. The molecule has 0 radical (unpaired) electrons. The number of nitrogens with two attached hydrogens (primary N) is 1. The van der Waals surface area contributed by atoms with Crippen LogP contribution in [0.3, 0.4) is 0 Å². The smallest absolute Gasteiger partial charge is 0.0237 e. The molecule has 0 spiro atoms. The molecule has 1 aromatic carbocycles. The lowest BCUT2D eigenvalue weighted by Gasteiger charge is -2.45. The molecule has 1 aromatic rings. The Hall–Kier alpha value is -0.860. The quantitative estimate of drug-likeness (QED) is 0.879. The van der Waals surface area contributed by atoms with Gasteiger partial charge in [0.1, 0.15) is 0 Å². The predicted octanol–water partition coefficient (Wildman–Crippen LogP) is 3.42. The van der Waals surface area contributed by atoms with Gasteiger partial charge < -0.3 is 5.73 Å². The van der Waals surface area contributed by atoms with Crippen molar-refractivity contribution in [2.24, 2.45) is 11.1 Å². The first kappa shape index (κ1) is 14.5. The third-order valence-corrected chi connectivity index (χ3v) is 4.54. The van der Waals surface area contributed by atoms with Crippen molar-refractivity contribution in [2.75, 3.05) is 13.1 Å². The predicted molar refractivity (Wildman–Crippen MR) is 81.9 cm³/mol. The van der Waals surface area contributed by atoms with Gasteiger partial charge in [-0.2, -0.15) is 0 Å². The van der Waals surface area contributed by atoms with Crippen molar-refractivity contribution < 1.29 is 0 Å². The topological polar surface area (TPSA) is 29.3 Å². The van der Waals surface area contributed by atoms with Crippen molar-refractivity contribution in [3.8, 4) is 0 Å². The summed E-state index contributed by atoms with van der Waals surface area (Å²) in [6.07, 6.45) is 5.41. The minimum absolute atomic E-state index is 0.419. The zero-order valence-electron chi connectivity index (χ0n) is 12.4. The Kier molecular flexibility index (Phi) is 5.00. The van der Waals surface area contributed by atoms with Gasteiger partial charge >= 0.3 is 0 Å². The third kappa shape index (κ3) is 3.80. The van der Waals surface area contributed by atoms with Crippen molar-refractivity contribution in [2.45, 2.75) is 52.1 Å². The average molecular weight is 260 g/mol. The molecule has 106 valence electrons. The minimum atomic E-state index is 0.419. The summed E-state index contributed by atoms with van der Waals surface area (Å²) in [4.78, 5) is 2.61. The van der Waals surface area contributed by atoms with Gasteiger partial charge in [-0.15, -0.1) is 0 Å². The van der Waals surface area contributed by atoms with E-state index in [4.69, 9.17) is 5.73 Å². The highest BCUT2D eigenvalue weighted by molar-refractivity contribution is 5.14. The van der Waals surface area contributed by atoms with Crippen LogP contribution < -0.4 is 5.73 Å². The van der Waals surface area contributed by atoms with Gasteiger partial charge in [0.15, 0.2) is 0 Å². The number of hydrogen-bond acceptors (Lipinski definition) is 2. The van der Waals surface area contributed by atoms with Crippen molar-refractivity contribution in [1.29, 1.82) is 0 Å². The van der Waals surface area contributed by atoms with Crippen LogP contribution in [0.25, 0.3) is 0 Å². The van der Waals surface area contributed by atoms with E-state index < -0.39 is 0 Å². The molecule has 2 N–H and O–H groups in total. The minimum Gasteiger partial charge on any atom is -0.329 e. The zero-order chi connectivity index (χ0) is 13.7. The third-order valence-electron chi connectivity index (χ3n) is 4.54. The molecule has 0 aromatic heterocycles. The Morgan fingerprint density at radius 2 is 1.95 bits per heavy atom. The summed E-state index contributed by atoms with van der Waals surface area (Å²) < 4.78 is 0. The summed E-state index contributed by atoms with van der Waals surface area (Å²) >= 11 is 0. The maximum absolute atomic E-state index is 5.84. The van der Waals surface area contributed by atoms with Crippen LogP contribution >= 0.6 is 0 Å². The molecule has 1 atom stereocenters. The van der Waals surface area contributed by atoms with Gasteiger partial charge in [0, 0.05) is 25.7 Å². The van der Waals surface area contributed by atoms with E-state index in [2.05, 4.69) is 49.1 Å². The molecule has 1 aliphatic carbocycles. The molecule has 0 amide bonds. The molecule has 1 unspecified atom stereocenters. The van der Waals surface area contributed by atoms with Gasteiger partial charge in [-0.05, 0) is 23.8 Å². The van der Waals surface area contributed by atoms with Crippen LogP contribution in [0.5, 0.6) is 0 Å². The van der Waals surface area contributed by atoms with Crippen LogP contribution in [0.15, 0.2) is 30.3 Å². The van der Waals surface area contributed by atoms with Crippen molar-refractivity contribution >= 4 is 0 Å². The van der Waals surface area contributed by atoms with Crippen LogP contribution in [-0.2, 0) is 6.54 Å². The summed E-state index contributed by atoms with van der Waals surface area (Å²) in [5, 5.41) is 0. The zero-order valence-corrected chi connectivity index (χ0v) is 12.4. The fourth-order valence-electron chi connectivity index (χ4n) is 3.48. The molecule has 19 heavy (non-hydrogen) atoms. The number of hydrogen-bond donors (Lipinski definition) is 1. The van der Waals surface area contributed by atoms with E-state index in [9.17, 15) is 0 Å². The fourth-order valence-corrected chi connectivity index (χ4v) is 3.48. The molecule has 1 saturated carbocycles. The molecule has 2 rings (SSSR count). The van der Waals surface area contributed by atoms with Gasteiger partial charge in [-0.3, -0.25) is 4.90 Å². The highest BCUT2D eigenvalue weighted by Gasteiger charge is 2.35. The van der Waals surface area contributed by atoms with Crippen molar-refractivity contribution in [3.05, 3.63) is 35.9 Å². The number of benzene rings is 1. The van der Waals surface area contributed by atoms with Crippen LogP contribution in [0.4, 0.5) is 0 Å². The van der Waals surface area contributed by atoms with Gasteiger partial charge in [-0.25, -0.2) is 0 Å². The molecule has 0 saturated heterocycles. The molecule has 0 heterocycles. The summed E-state index contributed by atoms with van der Waals surface area (Å²) in [7, 11) is 0. The largest absolute Gasteiger partial charge is 0.329 e. The van der Waals surface area contributed by atoms with Crippen LogP contribution in [0, 0.1) is 5.41 Å². The van der Waals surface area contributed by atoms with E-state index >= 15 is 0 Å². The van der Waals surface area contributed by atoms with Crippen LogP contribution in [0.1, 0.15) is 45.1 Å². The van der Waals surface area contributed by atoms with E-state index in [-0.39, 0.29) is 0 Å². The van der Waals surface area contributed by atoms with E-state index in [1.54, 1.807) is 0 Å². The molecule has 0 aliphatic heterocycles. The highest BCUT2D eigenvalue weighted by Crippen LogP contribution is 2.39. The molecule has 2 nitrogen and oxygen atoms in total. The summed E-state index contributed by atoms with van der Waals surface area (Å²) in [5.74, 6) is 0. The SMILES string of the molecule is CC1(C)CCCCC1N(CCN)Cc1ccccc1. The van der Waals surface area contributed by atoms with Gasteiger partial charge in [-0.1, -0.05) is 57.0 Å². The summed E-state index contributed by atoms with van der Waals surface area (Å²) in [5.41, 5.74) is 7.66. The maximum atomic E-state index is 5.84. The second-order valence-electron chi connectivity index (χ2n) is 6.49. The number of nitrogens with zero attached hydrogens (tertiary/aromatic N) is 1. The van der Waals surface area contributed by atoms with Crippen molar-refractivity contribution in [1.82, 2.24) is 4.90 Å². The van der Waals surface area contributed by atoms with E-state index in [1.165, 1.54) is 31.2 Å². The van der Waals surface area contributed by atoms with E-state index in [1.807, 2.05) is 0 Å². The van der Waals surface area contributed by atoms with E-state index in [0.29, 0.717) is 11.5 Å². The lowest BCUT2D eigenvalue weighted by molar-refractivity contribution is 0.0453. The van der Waals surface area contributed by atoms with Crippen molar-refractivity contribution in [3.63, 3.8) is 0 Å². The first-order valence-corrected chi connectivity index (χ1v) is 7.61. The Labute approximate surface area is 118 Å². The molecule has 1 aliphatic rings. The molecular weight excluding hydrogens is 232 g/mol. The monoisotopic (exact) mass is 260 g/mol. The standard InChI is InChI=1S/C17H28N2/c1-17(2)11-7-6-10-16(17)19(13-12-18)14-15-8-4-3-5-9-15/h3-5,8-9,16H,6-7,10-14,18H2,1-2H3. The van der Waals surface area contributed by atoms with Gasteiger partial charge in [0.05, 0.1) is 0 Å². The van der Waals surface area contributed by atoms with Gasteiger partial charge in [0.25, 0.3) is 0 Å². The normalized spacial score (nSPS) is 22.6. The second-order valence-corrected chi connectivity index (χ2v) is 6.49. The number of rotatable bonds is 5. The Bertz CT molecular complexity index is 372. The fraction of sp³-hybridized carbons (Fsp3) is 0.647. The highest BCUT2D eigenvalue weighted by atomic mass is 15.2. The summed E-state index contributed by atoms with van der Waals surface area (Å²) in [6, 6.07) is 11.5. The molecule has 0 bridgehead atoms. The van der Waals surface area contributed by atoms with Crippen LogP contribution in [-0.4, -0.2) is 24.0 Å². The van der Waals surface area contributed by atoms with Crippen LogP contribution in [0.2, 0.25) is 0 Å². The molecular formula is C17H28N2. The first-order valence-electron chi connectivity index (χ1n) is 7.61.